The molecule has 1 aliphatic heterocycles. The Bertz CT molecular complexity index is 997. The van der Waals surface area contributed by atoms with Crippen molar-refractivity contribution >= 4 is 39.3 Å². The molecule has 1 saturated heterocycles. The van der Waals surface area contributed by atoms with Crippen LogP contribution in [0.5, 0.6) is 0 Å². The molecule has 3 N–H and O–H groups in total. The number of hydrogen-bond acceptors (Lipinski definition) is 7. The third-order valence-corrected chi connectivity index (χ3v) is 5.63. The summed E-state index contributed by atoms with van der Waals surface area (Å²) >= 11 is 1.53. The number of fused-ring (bicyclic) bond motifs is 1. The quantitative estimate of drug-likeness (QED) is 0.672. The molecule has 0 aliphatic carbocycles. The number of nitrogens with one attached hydrogen (secondary N) is 1. The number of allylic oxidation sites excluding steroid dienone is 1. The molecule has 4 heterocycles. The van der Waals surface area contributed by atoms with Crippen molar-refractivity contribution in [2.24, 2.45) is 5.73 Å². The second-order valence-corrected chi connectivity index (χ2v) is 7.42. The maximum atomic E-state index is 13.6. The fourth-order valence-electron chi connectivity index (χ4n) is 3.14. The van der Waals surface area contributed by atoms with Crippen molar-refractivity contribution in [1.82, 2.24) is 15.0 Å². The summed E-state index contributed by atoms with van der Waals surface area (Å²) in [6.45, 7) is 1.24. The van der Waals surface area contributed by atoms with Crippen molar-refractivity contribution in [2.75, 3.05) is 18.0 Å². The number of halogens is 1. The van der Waals surface area contributed by atoms with E-state index in [4.69, 9.17) is 11.1 Å². The molecule has 3 aromatic rings. The van der Waals surface area contributed by atoms with Crippen molar-refractivity contribution in [3.8, 4) is 10.6 Å². The van der Waals surface area contributed by atoms with Crippen LogP contribution in [0.4, 0.5) is 10.2 Å². The molecule has 8 heteroatoms. The summed E-state index contributed by atoms with van der Waals surface area (Å²) in [4.78, 5) is 15.6. The van der Waals surface area contributed by atoms with E-state index in [1.807, 2.05) is 29.2 Å². The topological polar surface area (TPSA) is 91.8 Å². The molecule has 138 valence electrons. The van der Waals surface area contributed by atoms with E-state index in [0.717, 1.165) is 34.1 Å². The molecular weight excluding hydrogens is 363 g/mol. The predicted molar refractivity (Wildman–Crippen MR) is 108 cm³/mol. The summed E-state index contributed by atoms with van der Waals surface area (Å²) in [6.07, 6.45) is 5.02. The van der Waals surface area contributed by atoms with Crippen molar-refractivity contribution < 1.29 is 4.39 Å². The van der Waals surface area contributed by atoms with Gasteiger partial charge in [0.2, 0.25) is 0 Å². The van der Waals surface area contributed by atoms with Crippen LogP contribution in [-0.2, 0) is 0 Å². The van der Waals surface area contributed by atoms with Gasteiger partial charge in [-0.2, -0.15) is 0 Å². The molecular formula is C19H19FN6S. The SMILES string of the molecule is N=C/C(=C\N)c1ccc2sc(-c3ccc(N4CCCC(F)C4)nc3)nc2n1. The summed E-state index contributed by atoms with van der Waals surface area (Å²) in [5.41, 5.74) is 8.22. The third kappa shape index (κ3) is 3.52. The fourth-order valence-corrected chi connectivity index (χ4v) is 4.04. The molecule has 0 radical (unpaired) electrons. The lowest BCUT2D eigenvalue weighted by Gasteiger charge is -2.29. The molecule has 27 heavy (non-hydrogen) atoms. The number of rotatable bonds is 4. The summed E-state index contributed by atoms with van der Waals surface area (Å²) in [7, 11) is 0. The summed E-state index contributed by atoms with van der Waals surface area (Å²) in [5, 5.41) is 8.22. The van der Waals surface area contributed by atoms with Gasteiger partial charge in [-0.25, -0.2) is 19.3 Å². The number of thiazole rings is 1. The lowest BCUT2D eigenvalue weighted by atomic mass is 10.1. The number of hydrogen-bond donors (Lipinski definition) is 2. The lowest BCUT2D eigenvalue weighted by Crippen LogP contribution is -2.36. The van der Waals surface area contributed by atoms with Crippen LogP contribution in [0, 0.1) is 5.41 Å². The Morgan fingerprint density at radius 2 is 2.19 bits per heavy atom. The highest BCUT2D eigenvalue weighted by molar-refractivity contribution is 7.21. The number of piperidine rings is 1. The van der Waals surface area contributed by atoms with Crippen molar-refractivity contribution in [1.29, 1.82) is 5.41 Å². The molecule has 1 aliphatic rings. The highest BCUT2D eigenvalue weighted by Gasteiger charge is 2.20. The Kier molecular flexibility index (Phi) is 4.81. The Balaban J connectivity index is 1.61. The van der Waals surface area contributed by atoms with Crippen molar-refractivity contribution in [3.63, 3.8) is 0 Å². The highest BCUT2D eigenvalue weighted by Crippen LogP contribution is 2.30. The van der Waals surface area contributed by atoms with Gasteiger partial charge in [0.15, 0.2) is 5.65 Å². The molecule has 1 fully saturated rings. The predicted octanol–water partition coefficient (Wildman–Crippen LogP) is 3.64. The zero-order valence-corrected chi connectivity index (χ0v) is 15.4. The smallest absolute Gasteiger partial charge is 0.171 e. The van der Waals surface area contributed by atoms with Gasteiger partial charge in [0.25, 0.3) is 0 Å². The first kappa shape index (κ1) is 17.5. The number of anilines is 1. The molecule has 1 unspecified atom stereocenters. The van der Waals surface area contributed by atoms with Gasteiger partial charge in [-0.1, -0.05) is 0 Å². The minimum atomic E-state index is -0.779. The van der Waals surface area contributed by atoms with Crippen LogP contribution in [0.2, 0.25) is 0 Å². The largest absolute Gasteiger partial charge is 0.404 e. The minimum Gasteiger partial charge on any atom is -0.404 e. The van der Waals surface area contributed by atoms with E-state index in [2.05, 4.69) is 15.0 Å². The first-order chi connectivity index (χ1) is 13.2. The average Bonchev–Trinajstić information content (AvgIpc) is 3.13. The zero-order chi connectivity index (χ0) is 18.8. The maximum absolute atomic E-state index is 13.6. The summed E-state index contributed by atoms with van der Waals surface area (Å²) in [6, 6.07) is 7.65. The van der Waals surface area contributed by atoms with E-state index in [1.165, 1.54) is 23.8 Å². The van der Waals surface area contributed by atoms with Crippen LogP contribution in [-0.4, -0.2) is 40.4 Å². The fraction of sp³-hybridized carbons (Fsp3) is 0.263. The van der Waals surface area contributed by atoms with E-state index in [9.17, 15) is 4.39 Å². The number of aromatic nitrogens is 3. The van der Waals surface area contributed by atoms with Crippen molar-refractivity contribution in [3.05, 3.63) is 42.4 Å². The van der Waals surface area contributed by atoms with E-state index in [-0.39, 0.29) is 0 Å². The third-order valence-electron chi connectivity index (χ3n) is 4.57. The van der Waals surface area contributed by atoms with Gasteiger partial charge in [0.05, 0.1) is 16.9 Å². The molecule has 3 aromatic heterocycles. The first-order valence-corrected chi connectivity index (χ1v) is 9.55. The van der Waals surface area contributed by atoms with Crippen LogP contribution in [0.3, 0.4) is 0 Å². The number of pyridine rings is 2. The monoisotopic (exact) mass is 382 g/mol. The number of nitrogens with two attached hydrogens (primary N) is 1. The zero-order valence-electron chi connectivity index (χ0n) is 14.6. The molecule has 0 spiro atoms. The van der Waals surface area contributed by atoms with Crippen LogP contribution in [0.15, 0.2) is 36.7 Å². The van der Waals surface area contributed by atoms with Crippen LogP contribution < -0.4 is 10.6 Å². The van der Waals surface area contributed by atoms with Gasteiger partial charge < -0.3 is 16.0 Å². The van der Waals surface area contributed by atoms with E-state index >= 15 is 0 Å². The van der Waals surface area contributed by atoms with E-state index < -0.39 is 6.17 Å². The van der Waals surface area contributed by atoms with Crippen LogP contribution in [0.25, 0.3) is 26.5 Å². The second kappa shape index (κ2) is 7.40. The molecule has 1 atom stereocenters. The molecule has 0 bridgehead atoms. The Morgan fingerprint density at radius 1 is 1.30 bits per heavy atom. The second-order valence-electron chi connectivity index (χ2n) is 6.39. The molecule has 0 amide bonds. The van der Waals surface area contributed by atoms with Crippen LogP contribution in [0.1, 0.15) is 18.5 Å². The van der Waals surface area contributed by atoms with Gasteiger partial charge in [-0.15, -0.1) is 11.3 Å². The Labute approximate surface area is 160 Å². The van der Waals surface area contributed by atoms with Gasteiger partial charge >= 0.3 is 0 Å². The normalized spacial score (nSPS) is 18.0. The van der Waals surface area contributed by atoms with E-state index in [1.54, 1.807) is 6.20 Å². The van der Waals surface area contributed by atoms with Gasteiger partial charge in [-0.05, 0) is 37.1 Å². The average molecular weight is 382 g/mol. The minimum absolute atomic E-state index is 0.407. The Hall–Kier alpha value is -2.87. The highest BCUT2D eigenvalue weighted by atomic mass is 32.1. The van der Waals surface area contributed by atoms with Crippen LogP contribution >= 0.6 is 11.3 Å². The summed E-state index contributed by atoms with van der Waals surface area (Å²) in [5.74, 6) is 0.798. The number of nitrogens with zero attached hydrogens (tertiary/aromatic N) is 4. The number of alkyl halides is 1. The molecule has 0 aromatic carbocycles. The maximum Gasteiger partial charge on any atom is 0.171 e. The van der Waals surface area contributed by atoms with E-state index in [0.29, 0.717) is 29.9 Å². The van der Waals surface area contributed by atoms with Gasteiger partial charge in [0, 0.05) is 36.3 Å². The molecule has 4 rings (SSSR count). The standard InChI is InChI=1S/C19H19FN6S/c20-14-2-1-7-26(11-14)17-6-3-12(10-23-17)19-25-18-16(27-19)5-4-15(24-18)13(8-21)9-22/h3-6,8-10,14,21H,1-2,7,11,22H2/b13-9+,21-8?. The molecule has 0 saturated carbocycles. The Morgan fingerprint density at radius 3 is 2.89 bits per heavy atom. The molecule has 6 nitrogen and oxygen atoms in total. The van der Waals surface area contributed by atoms with Gasteiger partial charge in [0.1, 0.15) is 17.0 Å². The first-order valence-electron chi connectivity index (χ1n) is 8.73. The lowest BCUT2D eigenvalue weighted by molar-refractivity contribution is 0.286. The summed E-state index contributed by atoms with van der Waals surface area (Å²) < 4.78 is 14.6. The van der Waals surface area contributed by atoms with Gasteiger partial charge in [-0.3, -0.25) is 0 Å². The van der Waals surface area contributed by atoms with Crippen molar-refractivity contribution in [2.45, 2.75) is 19.0 Å².